The van der Waals surface area contributed by atoms with Gasteiger partial charge < -0.3 is 40.0 Å². The molecule has 1 aliphatic rings. The number of benzene rings is 2. The molecule has 3 rings (SSSR count). The predicted molar refractivity (Wildman–Crippen MR) is 189 cm³/mol. The third-order valence-electron chi connectivity index (χ3n) is 7.85. The summed E-state index contributed by atoms with van der Waals surface area (Å²) in [7, 11) is 3.19. The number of hydrogen-bond donors (Lipinski definition) is 4. The van der Waals surface area contributed by atoms with Crippen LogP contribution in [0.3, 0.4) is 0 Å². The third-order valence-corrected chi connectivity index (χ3v) is 7.85. The van der Waals surface area contributed by atoms with Crippen LogP contribution in [-0.4, -0.2) is 95.2 Å². The lowest BCUT2D eigenvalue weighted by Gasteiger charge is -2.15. The number of amides is 3. The summed E-state index contributed by atoms with van der Waals surface area (Å²) in [5.74, 6) is -0.608. The zero-order chi connectivity index (χ0) is 36.0. The molecule has 2 unspecified atom stereocenters. The summed E-state index contributed by atoms with van der Waals surface area (Å²) in [6.45, 7) is 9.28. The number of Topliss-reactive ketones (excluding diaryl/α,β-unsaturated/α-hetero) is 1. The molecule has 12 nitrogen and oxygen atoms in total. The van der Waals surface area contributed by atoms with Crippen LogP contribution in [0.4, 0.5) is 10.5 Å². The monoisotopic (exact) mass is 685 g/mol. The number of ketones is 1. The van der Waals surface area contributed by atoms with Gasteiger partial charge in [-0.3, -0.25) is 14.4 Å². The molecule has 0 saturated heterocycles. The number of anilines is 1. The van der Waals surface area contributed by atoms with Crippen molar-refractivity contribution in [3.05, 3.63) is 53.1 Å². The lowest BCUT2D eigenvalue weighted by atomic mass is 9.93. The quantitative estimate of drug-likeness (QED) is 0.102. The fourth-order valence-corrected chi connectivity index (χ4v) is 5.41. The molecule has 3 amide bonds. The van der Waals surface area contributed by atoms with E-state index in [1.807, 2.05) is 51.1 Å². The first-order valence-corrected chi connectivity index (χ1v) is 17.2. The number of aliphatic hydroxyl groups excluding tert-OH is 1. The second-order valence-corrected chi connectivity index (χ2v) is 11.6. The van der Waals surface area contributed by atoms with Gasteiger partial charge in [-0.1, -0.05) is 24.3 Å². The van der Waals surface area contributed by atoms with Crippen LogP contribution >= 0.6 is 0 Å². The van der Waals surface area contributed by atoms with Crippen LogP contribution < -0.4 is 16.0 Å². The van der Waals surface area contributed by atoms with Crippen molar-refractivity contribution in [3.63, 3.8) is 0 Å². The predicted octanol–water partition coefficient (Wildman–Crippen LogP) is 5.21. The highest BCUT2D eigenvalue weighted by molar-refractivity contribution is 6.05. The Morgan fingerprint density at radius 3 is 2.39 bits per heavy atom. The molecular weight excluding hydrogens is 630 g/mol. The first-order valence-electron chi connectivity index (χ1n) is 17.2. The number of methoxy groups -OCH3 is 1. The minimum Gasteiger partial charge on any atom is -0.449 e. The van der Waals surface area contributed by atoms with Crippen LogP contribution in [0, 0.1) is 0 Å². The van der Waals surface area contributed by atoms with Gasteiger partial charge in [0.1, 0.15) is 6.61 Å². The SMILES string of the molecule is CCNC(=O)CCCC(=O)Nc1ccc2c(c1)C(COC(=O)NC)c1cccc(C(=O)CCCOC(C)CCO)c1-2.CCOCCCOC. The minimum atomic E-state index is -0.556. The standard InChI is InChI=1S/C31H41N3O7.C6H14O2/c1-4-33-28(37)11-6-12-29(38)34-21-13-14-23-25(18-21)26(19-41-31(39)32-3)22-8-5-9-24(30(22)23)27(36)10-7-17-40-20(2)15-16-35;1-3-8-6-4-5-7-2/h5,8-9,13-14,18,20,26,35H,4,6-7,10-12,15-17,19H2,1-3H3,(H,32,39)(H,33,37)(H,34,38);3-6H2,1-2H3. The number of rotatable bonds is 21. The third kappa shape index (κ3) is 14.3. The van der Waals surface area contributed by atoms with Gasteiger partial charge in [-0.2, -0.15) is 0 Å². The molecule has 0 aliphatic heterocycles. The fraction of sp³-hybridized carbons (Fsp3) is 0.568. The lowest BCUT2D eigenvalue weighted by molar-refractivity contribution is -0.121. The molecule has 0 fully saturated rings. The van der Waals surface area contributed by atoms with Gasteiger partial charge in [0.25, 0.3) is 0 Å². The van der Waals surface area contributed by atoms with Crippen molar-refractivity contribution in [2.24, 2.45) is 0 Å². The number of nitrogens with one attached hydrogen (secondary N) is 3. The molecule has 272 valence electrons. The average Bonchev–Trinajstić information content (AvgIpc) is 3.40. The maximum absolute atomic E-state index is 13.3. The molecular formula is C37H55N3O9. The van der Waals surface area contributed by atoms with E-state index in [9.17, 15) is 19.2 Å². The molecule has 49 heavy (non-hydrogen) atoms. The van der Waals surface area contributed by atoms with Gasteiger partial charge in [0.2, 0.25) is 11.8 Å². The Balaban J connectivity index is 0.000000924. The van der Waals surface area contributed by atoms with E-state index in [1.165, 1.54) is 7.05 Å². The Kier molecular flexibility index (Phi) is 19.8. The summed E-state index contributed by atoms with van der Waals surface area (Å²) in [4.78, 5) is 49.5. The maximum Gasteiger partial charge on any atom is 0.406 e. The van der Waals surface area contributed by atoms with Crippen molar-refractivity contribution in [1.82, 2.24) is 10.6 Å². The molecule has 2 atom stereocenters. The summed E-state index contributed by atoms with van der Waals surface area (Å²) >= 11 is 0. The molecule has 0 radical (unpaired) electrons. The van der Waals surface area contributed by atoms with Gasteiger partial charge in [0, 0.05) is 90.2 Å². The maximum atomic E-state index is 13.3. The number of carbonyl (C=O) groups excluding carboxylic acids is 4. The minimum absolute atomic E-state index is 0.0106. The summed E-state index contributed by atoms with van der Waals surface area (Å²) in [6, 6.07) is 11.1. The van der Waals surface area contributed by atoms with E-state index in [0.717, 1.165) is 48.5 Å². The van der Waals surface area contributed by atoms with E-state index in [-0.39, 0.29) is 55.7 Å². The molecule has 0 aromatic heterocycles. The Bertz CT molecular complexity index is 1330. The van der Waals surface area contributed by atoms with Crippen molar-refractivity contribution >= 4 is 29.4 Å². The molecule has 12 heteroatoms. The molecule has 4 N–H and O–H groups in total. The normalized spacial score (nSPS) is 13.3. The first-order chi connectivity index (χ1) is 23.7. The number of ether oxygens (including phenoxy) is 4. The highest BCUT2D eigenvalue weighted by Crippen LogP contribution is 2.47. The molecule has 0 saturated carbocycles. The van der Waals surface area contributed by atoms with Crippen LogP contribution in [0.5, 0.6) is 0 Å². The highest BCUT2D eigenvalue weighted by Gasteiger charge is 2.33. The zero-order valence-electron chi connectivity index (χ0n) is 29.7. The number of carbonyl (C=O) groups is 4. The van der Waals surface area contributed by atoms with Crippen LogP contribution in [0.1, 0.15) is 93.1 Å². The number of fused-ring (bicyclic) bond motifs is 3. The lowest BCUT2D eigenvalue weighted by Crippen LogP contribution is -2.22. The first kappa shape index (κ1) is 41.3. The van der Waals surface area contributed by atoms with Crippen LogP contribution in [0.15, 0.2) is 36.4 Å². The van der Waals surface area contributed by atoms with E-state index in [1.54, 1.807) is 13.2 Å². The number of hydrogen-bond acceptors (Lipinski definition) is 9. The summed E-state index contributed by atoms with van der Waals surface area (Å²) in [5.41, 5.74) is 4.59. The Hall–Kier alpha value is -3.84. The summed E-state index contributed by atoms with van der Waals surface area (Å²) in [5, 5.41) is 17.1. The van der Waals surface area contributed by atoms with Crippen LogP contribution in [-0.2, 0) is 28.5 Å². The molecule has 0 heterocycles. The Labute approximate surface area is 290 Å². The molecule has 2 aromatic carbocycles. The van der Waals surface area contributed by atoms with Crippen molar-refractivity contribution in [2.75, 3.05) is 65.7 Å². The van der Waals surface area contributed by atoms with Gasteiger partial charge in [-0.05, 0) is 80.8 Å². The van der Waals surface area contributed by atoms with Gasteiger partial charge >= 0.3 is 6.09 Å². The highest BCUT2D eigenvalue weighted by atomic mass is 16.5. The van der Waals surface area contributed by atoms with Gasteiger partial charge in [0.05, 0.1) is 6.10 Å². The second kappa shape index (κ2) is 23.5. The van der Waals surface area contributed by atoms with Gasteiger partial charge in [-0.15, -0.1) is 0 Å². The molecule has 1 aliphatic carbocycles. The summed E-state index contributed by atoms with van der Waals surface area (Å²) < 4.78 is 21.0. The van der Waals surface area contributed by atoms with Crippen molar-refractivity contribution < 1.29 is 43.2 Å². The van der Waals surface area contributed by atoms with Gasteiger partial charge in [-0.25, -0.2) is 4.79 Å². The van der Waals surface area contributed by atoms with Crippen molar-refractivity contribution in [2.45, 2.75) is 77.7 Å². The largest absolute Gasteiger partial charge is 0.449 e. The topological polar surface area (TPSA) is 162 Å². The Morgan fingerprint density at radius 1 is 0.918 bits per heavy atom. The zero-order valence-corrected chi connectivity index (χ0v) is 29.7. The second-order valence-electron chi connectivity index (χ2n) is 11.6. The van der Waals surface area contributed by atoms with Crippen molar-refractivity contribution in [3.8, 4) is 11.1 Å². The van der Waals surface area contributed by atoms with E-state index in [4.69, 9.17) is 24.1 Å². The number of aliphatic hydroxyl groups is 1. The number of alkyl carbamates (subject to hydrolysis) is 1. The summed E-state index contributed by atoms with van der Waals surface area (Å²) in [6.07, 6.45) is 2.72. The van der Waals surface area contributed by atoms with Crippen LogP contribution in [0.25, 0.3) is 11.1 Å². The van der Waals surface area contributed by atoms with E-state index in [2.05, 4.69) is 16.0 Å². The van der Waals surface area contributed by atoms with E-state index >= 15 is 0 Å². The Morgan fingerprint density at radius 2 is 1.69 bits per heavy atom. The van der Waals surface area contributed by atoms with Crippen LogP contribution in [0.2, 0.25) is 0 Å². The smallest absolute Gasteiger partial charge is 0.406 e. The van der Waals surface area contributed by atoms with E-state index in [0.29, 0.717) is 50.1 Å². The van der Waals surface area contributed by atoms with Crippen molar-refractivity contribution in [1.29, 1.82) is 0 Å². The fourth-order valence-electron chi connectivity index (χ4n) is 5.41. The van der Waals surface area contributed by atoms with E-state index < -0.39 is 6.09 Å². The molecule has 0 bridgehead atoms. The molecule has 0 spiro atoms. The molecule has 2 aromatic rings. The van der Waals surface area contributed by atoms with Gasteiger partial charge in [0.15, 0.2) is 5.78 Å². The average molecular weight is 686 g/mol.